The highest BCUT2D eigenvalue weighted by atomic mass is 16.7. The molecular weight excluding hydrogens is 190 g/mol. The predicted molar refractivity (Wildman–Crippen MR) is 56.4 cm³/mol. The maximum atomic E-state index is 6.04. The first kappa shape index (κ1) is 9.33. The summed E-state index contributed by atoms with van der Waals surface area (Å²) in [4.78, 5) is 0. The average molecular weight is 205 g/mol. The highest BCUT2D eigenvalue weighted by Crippen LogP contribution is 2.46. The van der Waals surface area contributed by atoms with Crippen molar-refractivity contribution in [2.75, 3.05) is 20.2 Å². The second-order valence-corrected chi connectivity index (χ2v) is 4.19. The van der Waals surface area contributed by atoms with Gasteiger partial charge in [-0.25, -0.2) is 0 Å². The van der Waals surface area contributed by atoms with E-state index in [9.17, 15) is 0 Å². The maximum absolute atomic E-state index is 6.04. The van der Waals surface area contributed by atoms with E-state index in [1.165, 1.54) is 11.1 Å². The largest absolute Gasteiger partial charge is 0.352 e. The van der Waals surface area contributed by atoms with Crippen LogP contribution in [0.1, 0.15) is 23.8 Å². The Bertz CT molecular complexity index is 372. The molecule has 1 aromatic rings. The van der Waals surface area contributed by atoms with Gasteiger partial charge in [0.15, 0.2) is 6.29 Å². The molecule has 0 saturated carbocycles. The zero-order chi connectivity index (χ0) is 10.3. The minimum atomic E-state index is -0.193. The van der Waals surface area contributed by atoms with Crippen LogP contribution in [-0.2, 0) is 15.1 Å². The van der Waals surface area contributed by atoms with Crippen molar-refractivity contribution in [3.63, 3.8) is 0 Å². The van der Waals surface area contributed by atoms with Crippen molar-refractivity contribution in [2.45, 2.75) is 18.3 Å². The zero-order valence-electron chi connectivity index (χ0n) is 8.82. The lowest BCUT2D eigenvalue weighted by molar-refractivity contribution is -0.180. The van der Waals surface area contributed by atoms with Gasteiger partial charge in [0.25, 0.3) is 0 Å². The molecule has 2 aliphatic heterocycles. The quantitative estimate of drug-likeness (QED) is 0.754. The summed E-state index contributed by atoms with van der Waals surface area (Å²) in [5.74, 6) is 0. The molecule has 2 heterocycles. The molecule has 0 aromatic heterocycles. The fourth-order valence-corrected chi connectivity index (χ4v) is 2.62. The van der Waals surface area contributed by atoms with Crippen molar-refractivity contribution in [3.8, 4) is 0 Å². The molecule has 0 amide bonds. The Kier molecular flexibility index (Phi) is 2.06. The highest BCUT2D eigenvalue weighted by Gasteiger charge is 2.46. The van der Waals surface area contributed by atoms with Gasteiger partial charge in [0.05, 0.1) is 0 Å². The van der Waals surface area contributed by atoms with E-state index in [2.05, 4.69) is 23.5 Å². The summed E-state index contributed by atoms with van der Waals surface area (Å²) in [5.41, 5.74) is 2.34. The van der Waals surface area contributed by atoms with Crippen LogP contribution in [0.4, 0.5) is 0 Å². The van der Waals surface area contributed by atoms with Crippen LogP contribution in [0.25, 0.3) is 0 Å². The van der Waals surface area contributed by atoms with Gasteiger partial charge in [-0.05, 0) is 18.5 Å². The molecule has 0 aliphatic carbocycles. The molecule has 2 aliphatic rings. The summed E-state index contributed by atoms with van der Waals surface area (Å²) < 4.78 is 11.4. The number of hydrogen-bond donors (Lipinski definition) is 1. The molecule has 80 valence electrons. The second-order valence-electron chi connectivity index (χ2n) is 4.19. The van der Waals surface area contributed by atoms with E-state index in [1.807, 2.05) is 6.07 Å². The van der Waals surface area contributed by atoms with Crippen molar-refractivity contribution < 1.29 is 9.47 Å². The lowest BCUT2D eigenvalue weighted by Crippen LogP contribution is -2.28. The summed E-state index contributed by atoms with van der Waals surface area (Å²) in [7, 11) is 1.70. The summed E-state index contributed by atoms with van der Waals surface area (Å²) in [6, 6.07) is 8.36. The van der Waals surface area contributed by atoms with E-state index in [0.29, 0.717) is 0 Å². The van der Waals surface area contributed by atoms with Crippen LogP contribution in [0.3, 0.4) is 0 Å². The molecule has 1 saturated heterocycles. The molecule has 1 fully saturated rings. The second kappa shape index (κ2) is 3.30. The van der Waals surface area contributed by atoms with Gasteiger partial charge in [-0.1, -0.05) is 24.3 Å². The van der Waals surface area contributed by atoms with Crippen LogP contribution in [0.15, 0.2) is 24.3 Å². The van der Waals surface area contributed by atoms with Gasteiger partial charge in [0.1, 0.15) is 5.60 Å². The van der Waals surface area contributed by atoms with Crippen molar-refractivity contribution in [1.82, 2.24) is 5.32 Å². The normalized spacial score (nSPS) is 33.5. The number of nitrogens with one attached hydrogen (secondary N) is 1. The Morgan fingerprint density at radius 2 is 2.33 bits per heavy atom. The minimum absolute atomic E-state index is 0.142. The lowest BCUT2D eigenvalue weighted by Gasteiger charge is -2.23. The molecule has 3 nitrogen and oxygen atoms in total. The lowest BCUT2D eigenvalue weighted by atomic mass is 9.91. The molecule has 15 heavy (non-hydrogen) atoms. The van der Waals surface area contributed by atoms with Gasteiger partial charge in [-0.15, -0.1) is 0 Å². The van der Waals surface area contributed by atoms with Gasteiger partial charge in [-0.2, -0.15) is 0 Å². The van der Waals surface area contributed by atoms with E-state index in [1.54, 1.807) is 7.11 Å². The highest BCUT2D eigenvalue weighted by molar-refractivity contribution is 5.38. The molecule has 2 atom stereocenters. The fourth-order valence-electron chi connectivity index (χ4n) is 2.62. The molecule has 0 radical (unpaired) electrons. The van der Waals surface area contributed by atoms with E-state index < -0.39 is 0 Å². The fraction of sp³-hybridized carbons (Fsp3) is 0.500. The minimum Gasteiger partial charge on any atom is -0.352 e. The number of rotatable bonds is 1. The van der Waals surface area contributed by atoms with E-state index in [4.69, 9.17) is 9.47 Å². The van der Waals surface area contributed by atoms with Crippen molar-refractivity contribution in [2.24, 2.45) is 0 Å². The predicted octanol–water partition coefficient (Wildman–Crippen LogP) is 1.55. The Hall–Kier alpha value is -0.900. The monoisotopic (exact) mass is 205 g/mol. The summed E-state index contributed by atoms with van der Waals surface area (Å²) >= 11 is 0. The third-order valence-electron chi connectivity index (χ3n) is 3.37. The molecule has 3 rings (SSSR count). The summed E-state index contributed by atoms with van der Waals surface area (Å²) in [6.07, 6.45) is 0.838. The summed E-state index contributed by atoms with van der Waals surface area (Å²) in [5, 5.41) is 3.36. The van der Waals surface area contributed by atoms with E-state index >= 15 is 0 Å². The Morgan fingerprint density at radius 1 is 1.47 bits per heavy atom. The third-order valence-corrected chi connectivity index (χ3v) is 3.37. The third kappa shape index (κ3) is 1.24. The van der Waals surface area contributed by atoms with E-state index in [0.717, 1.165) is 19.5 Å². The number of benzene rings is 1. The standard InChI is InChI=1S/C12H15NO2/c1-14-11-9-4-2-3-5-10(9)12(15-11)6-7-13-8-12/h2-5,11,13H,6-8H2,1H3. The van der Waals surface area contributed by atoms with Crippen LogP contribution in [0.2, 0.25) is 0 Å². The van der Waals surface area contributed by atoms with Crippen molar-refractivity contribution in [1.29, 1.82) is 0 Å². The van der Waals surface area contributed by atoms with Gasteiger partial charge in [-0.3, -0.25) is 0 Å². The topological polar surface area (TPSA) is 30.5 Å². The number of methoxy groups -OCH3 is 1. The first-order chi connectivity index (χ1) is 7.36. The van der Waals surface area contributed by atoms with Crippen LogP contribution in [-0.4, -0.2) is 20.2 Å². The van der Waals surface area contributed by atoms with Crippen LogP contribution in [0, 0.1) is 0 Å². The maximum Gasteiger partial charge on any atom is 0.184 e. The number of fused-ring (bicyclic) bond motifs is 2. The van der Waals surface area contributed by atoms with Gasteiger partial charge in [0, 0.05) is 19.2 Å². The molecule has 2 unspecified atom stereocenters. The average Bonchev–Trinajstić information content (AvgIpc) is 2.87. The molecule has 1 N–H and O–H groups in total. The smallest absolute Gasteiger partial charge is 0.184 e. The Labute approximate surface area is 89.4 Å². The number of ether oxygens (including phenoxy) is 2. The Morgan fingerprint density at radius 3 is 3.07 bits per heavy atom. The van der Waals surface area contributed by atoms with Gasteiger partial charge < -0.3 is 14.8 Å². The molecule has 1 spiro atoms. The van der Waals surface area contributed by atoms with Crippen LogP contribution < -0.4 is 5.32 Å². The van der Waals surface area contributed by atoms with Crippen molar-refractivity contribution in [3.05, 3.63) is 35.4 Å². The van der Waals surface area contributed by atoms with Gasteiger partial charge in [0.2, 0.25) is 0 Å². The molecular formula is C12H15NO2. The molecule has 1 aromatic carbocycles. The molecule has 0 bridgehead atoms. The SMILES string of the molecule is COC1OC2(CCNC2)c2ccccc21. The van der Waals surface area contributed by atoms with Crippen molar-refractivity contribution >= 4 is 0 Å². The zero-order valence-corrected chi connectivity index (χ0v) is 8.82. The van der Waals surface area contributed by atoms with E-state index in [-0.39, 0.29) is 11.9 Å². The van der Waals surface area contributed by atoms with Crippen LogP contribution in [0.5, 0.6) is 0 Å². The summed E-state index contributed by atoms with van der Waals surface area (Å²) in [6.45, 7) is 1.91. The Balaban J connectivity index is 2.09. The number of hydrogen-bond acceptors (Lipinski definition) is 3. The van der Waals surface area contributed by atoms with Gasteiger partial charge >= 0.3 is 0 Å². The first-order valence-corrected chi connectivity index (χ1v) is 5.36. The first-order valence-electron chi connectivity index (χ1n) is 5.36. The molecule has 3 heteroatoms. The van der Waals surface area contributed by atoms with Crippen LogP contribution >= 0.6 is 0 Å².